The molecule has 39 heavy (non-hydrogen) atoms. The van der Waals surface area contributed by atoms with Gasteiger partial charge in [0.25, 0.3) is 0 Å². The SMILES string of the molecule is O=S(=O)(C(Br)C(Br)(Sc1ccccc1)c1ccc(Cl)cc1)C(Br)C(Br)(Sc1ccccc1)c1ccc(Cl)cc1. The first kappa shape index (κ1) is 32.0. The standard InChI is InChI=1S/C28H20Br4Cl2O2S3/c29-25(27(31,19-11-15-21(33)16-12-19)37-23-7-3-1-4-8-23)39(35,36)26(30)28(32,20-13-17-22(34)18-14-20)38-24-9-5-2-6-10-24/h1-18,25-26H. The van der Waals surface area contributed by atoms with E-state index in [-0.39, 0.29) is 0 Å². The Kier molecular flexibility index (Phi) is 11.1. The maximum atomic E-state index is 14.6. The molecule has 4 rings (SSSR count). The zero-order chi connectivity index (χ0) is 28.3. The monoisotopic (exact) mass is 870 g/mol. The van der Waals surface area contributed by atoms with E-state index in [1.165, 1.54) is 23.5 Å². The normalized spacial score (nSPS) is 16.6. The summed E-state index contributed by atoms with van der Waals surface area (Å²) in [5.41, 5.74) is 1.49. The van der Waals surface area contributed by atoms with Crippen LogP contribution in [0.2, 0.25) is 10.0 Å². The Bertz CT molecular complexity index is 1390. The van der Waals surface area contributed by atoms with Gasteiger partial charge in [-0.15, -0.1) is 23.5 Å². The molecule has 4 atom stereocenters. The predicted octanol–water partition coefficient (Wildman–Crippen LogP) is 11.2. The molecule has 0 aliphatic carbocycles. The fraction of sp³-hybridized carbons (Fsp3) is 0.143. The molecule has 0 saturated carbocycles. The lowest BCUT2D eigenvalue weighted by Crippen LogP contribution is -2.42. The highest BCUT2D eigenvalue weighted by atomic mass is 79.9. The molecule has 0 N–H and O–H groups in total. The van der Waals surface area contributed by atoms with Crippen LogP contribution in [-0.2, 0) is 17.1 Å². The molecule has 0 spiro atoms. The Hall–Kier alpha value is 0.0300. The van der Waals surface area contributed by atoms with Crippen molar-refractivity contribution in [3.63, 3.8) is 0 Å². The van der Waals surface area contributed by atoms with Crippen LogP contribution in [-0.4, -0.2) is 16.7 Å². The summed E-state index contributed by atoms with van der Waals surface area (Å²) in [6, 6.07) is 33.7. The Labute approximate surface area is 281 Å². The van der Waals surface area contributed by atoms with Crippen LogP contribution in [0.25, 0.3) is 0 Å². The van der Waals surface area contributed by atoms with Crippen LogP contribution >= 0.6 is 110 Å². The molecular weight excluding hydrogens is 855 g/mol. The van der Waals surface area contributed by atoms with Crippen LogP contribution in [0.15, 0.2) is 119 Å². The van der Waals surface area contributed by atoms with Gasteiger partial charge in [0.1, 0.15) is 15.6 Å². The highest BCUT2D eigenvalue weighted by Crippen LogP contribution is 2.59. The molecule has 0 amide bonds. The number of sulfone groups is 1. The van der Waals surface area contributed by atoms with Crippen LogP contribution in [0.1, 0.15) is 11.1 Å². The molecule has 2 nitrogen and oxygen atoms in total. The van der Waals surface area contributed by atoms with Crippen molar-refractivity contribution in [1.29, 1.82) is 0 Å². The van der Waals surface area contributed by atoms with Crippen molar-refractivity contribution >= 4 is 120 Å². The van der Waals surface area contributed by atoms with Crippen molar-refractivity contribution < 1.29 is 8.42 Å². The van der Waals surface area contributed by atoms with Crippen molar-refractivity contribution in [3.05, 3.63) is 130 Å². The average molecular weight is 875 g/mol. The van der Waals surface area contributed by atoms with Gasteiger partial charge in [-0.25, -0.2) is 8.42 Å². The topological polar surface area (TPSA) is 34.1 Å². The molecular formula is C28H20Br4Cl2O2S3. The summed E-state index contributed by atoms with van der Waals surface area (Å²) in [4.78, 5) is 1.80. The van der Waals surface area contributed by atoms with E-state index in [4.69, 9.17) is 23.2 Å². The van der Waals surface area contributed by atoms with E-state index >= 15 is 0 Å². The van der Waals surface area contributed by atoms with E-state index in [9.17, 15) is 8.42 Å². The second-order valence-corrected chi connectivity index (χ2v) is 20.6. The summed E-state index contributed by atoms with van der Waals surface area (Å²) in [6.07, 6.45) is 0. The molecule has 0 fully saturated rings. The second-order valence-electron chi connectivity index (χ2n) is 8.36. The summed E-state index contributed by atoms with van der Waals surface area (Å²) in [6.45, 7) is 0. The highest BCUT2D eigenvalue weighted by Gasteiger charge is 2.54. The number of hydrogen-bond acceptors (Lipinski definition) is 4. The number of hydrogen-bond donors (Lipinski definition) is 0. The van der Waals surface area contributed by atoms with E-state index in [2.05, 4.69) is 63.7 Å². The van der Waals surface area contributed by atoms with Gasteiger partial charge in [-0.1, -0.05) is 148 Å². The van der Waals surface area contributed by atoms with Gasteiger partial charge in [-0.05, 0) is 59.7 Å². The average Bonchev–Trinajstić information content (AvgIpc) is 2.93. The van der Waals surface area contributed by atoms with Gasteiger partial charge >= 0.3 is 0 Å². The van der Waals surface area contributed by atoms with Gasteiger partial charge in [-0.2, -0.15) is 0 Å². The number of alkyl halides is 4. The maximum Gasteiger partial charge on any atom is 0.181 e. The van der Waals surface area contributed by atoms with E-state index in [1.807, 2.05) is 84.9 Å². The molecule has 4 unspecified atom stereocenters. The summed E-state index contributed by atoms with van der Waals surface area (Å²) < 4.78 is 24.8. The van der Waals surface area contributed by atoms with Crippen LogP contribution in [0, 0.1) is 0 Å². The molecule has 4 aromatic carbocycles. The molecule has 0 aliphatic heterocycles. The fourth-order valence-electron chi connectivity index (χ4n) is 3.67. The third-order valence-electron chi connectivity index (χ3n) is 5.66. The summed E-state index contributed by atoms with van der Waals surface area (Å²) in [5, 5.41) is 1.12. The van der Waals surface area contributed by atoms with Gasteiger partial charge in [0.15, 0.2) is 9.84 Å². The van der Waals surface area contributed by atoms with Crippen molar-refractivity contribution in [2.45, 2.75) is 25.4 Å². The quantitative estimate of drug-likeness (QED) is 0.117. The largest absolute Gasteiger partial charge is 0.226 e. The predicted molar refractivity (Wildman–Crippen MR) is 183 cm³/mol. The van der Waals surface area contributed by atoms with E-state index in [0.717, 1.165) is 20.9 Å². The van der Waals surface area contributed by atoms with Gasteiger partial charge in [-0.3, -0.25) is 0 Å². The zero-order valence-electron chi connectivity index (χ0n) is 19.9. The Morgan fingerprint density at radius 3 is 1.18 bits per heavy atom. The minimum absolute atomic E-state index is 0.562. The van der Waals surface area contributed by atoms with E-state index < -0.39 is 25.5 Å². The van der Waals surface area contributed by atoms with Crippen LogP contribution in [0.5, 0.6) is 0 Å². The fourth-order valence-corrected chi connectivity index (χ4v) is 14.8. The summed E-state index contributed by atoms with van der Waals surface area (Å²) in [5.74, 6) is 0. The minimum atomic E-state index is -3.98. The van der Waals surface area contributed by atoms with E-state index in [0.29, 0.717) is 10.0 Å². The summed E-state index contributed by atoms with van der Waals surface area (Å²) >= 11 is 30.1. The van der Waals surface area contributed by atoms with Crippen molar-refractivity contribution in [1.82, 2.24) is 0 Å². The van der Waals surface area contributed by atoms with Gasteiger partial charge in [0, 0.05) is 19.8 Å². The third-order valence-corrected chi connectivity index (χ3v) is 20.6. The lowest BCUT2D eigenvalue weighted by molar-refractivity contribution is 0.586. The van der Waals surface area contributed by atoms with Crippen LogP contribution in [0.3, 0.4) is 0 Å². The van der Waals surface area contributed by atoms with Crippen LogP contribution in [0.4, 0.5) is 0 Å². The van der Waals surface area contributed by atoms with E-state index in [1.54, 1.807) is 24.3 Å². The molecule has 0 radical (unpaired) electrons. The first-order chi connectivity index (χ1) is 18.5. The van der Waals surface area contributed by atoms with Crippen molar-refractivity contribution in [2.24, 2.45) is 0 Å². The Balaban J connectivity index is 1.81. The smallest absolute Gasteiger partial charge is 0.181 e. The second kappa shape index (κ2) is 13.6. The molecule has 11 heteroatoms. The number of halogens is 6. The van der Waals surface area contributed by atoms with Crippen molar-refractivity contribution in [2.75, 3.05) is 0 Å². The Morgan fingerprint density at radius 2 is 0.872 bits per heavy atom. The number of benzene rings is 4. The molecule has 0 heterocycles. The first-order valence-corrected chi connectivity index (χ1v) is 18.8. The van der Waals surface area contributed by atoms with Gasteiger partial charge in [0.2, 0.25) is 0 Å². The van der Waals surface area contributed by atoms with Gasteiger partial charge in [0.05, 0.1) is 0 Å². The lowest BCUT2D eigenvalue weighted by Gasteiger charge is -2.38. The van der Waals surface area contributed by atoms with Gasteiger partial charge < -0.3 is 0 Å². The highest BCUT2D eigenvalue weighted by molar-refractivity contribution is 9.16. The molecule has 0 aromatic heterocycles. The lowest BCUT2D eigenvalue weighted by atomic mass is 10.2. The Morgan fingerprint density at radius 1 is 0.564 bits per heavy atom. The molecule has 204 valence electrons. The third kappa shape index (κ3) is 7.34. The first-order valence-electron chi connectivity index (χ1n) is 11.4. The molecule has 4 aromatic rings. The maximum absolute atomic E-state index is 14.6. The number of rotatable bonds is 10. The molecule has 0 aliphatic rings. The molecule has 0 saturated heterocycles. The number of thioether (sulfide) groups is 2. The van der Waals surface area contributed by atoms with Crippen molar-refractivity contribution in [3.8, 4) is 0 Å². The molecule has 0 bridgehead atoms. The summed E-state index contributed by atoms with van der Waals surface area (Å²) in [7, 11) is -3.98. The van der Waals surface area contributed by atoms with Crippen LogP contribution < -0.4 is 0 Å². The minimum Gasteiger partial charge on any atom is -0.226 e. The zero-order valence-corrected chi connectivity index (χ0v) is 30.2.